The van der Waals surface area contributed by atoms with Crippen LogP contribution in [0.25, 0.3) is 5.57 Å². The first-order chi connectivity index (χ1) is 8.42. The van der Waals surface area contributed by atoms with Crippen LogP contribution in [0.4, 0.5) is 0 Å². The third-order valence-corrected chi connectivity index (χ3v) is 2.13. The molecule has 0 unspecified atom stereocenters. The van der Waals surface area contributed by atoms with Gasteiger partial charge >= 0.3 is 0 Å². The SMILES string of the molecule is C.C.C#Cc1cc(C(=C)/C=C\C)ccc1C.C=C(C)C. The molecule has 0 aromatic heterocycles. The molecule has 1 aromatic carbocycles. The summed E-state index contributed by atoms with van der Waals surface area (Å²) in [6.07, 6.45) is 9.34. The monoisotopic (exact) mass is 270 g/mol. The average Bonchev–Trinajstić information content (AvgIpc) is 2.29. The highest BCUT2D eigenvalue weighted by Crippen LogP contribution is 2.17. The Kier molecular flexibility index (Phi) is 13.9. The molecule has 0 N–H and O–H groups in total. The van der Waals surface area contributed by atoms with E-state index in [2.05, 4.69) is 19.1 Å². The van der Waals surface area contributed by atoms with E-state index in [4.69, 9.17) is 6.42 Å². The maximum absolute atomic E-state index is 5.40. The molecule has 1 aromatic rings. The number of hydrogen-bond acceptors (Lipinski definition) is 0. The maximum atomic E-state index is 5.40. The van der Waals surface area contributed by atoms with E-state index in [0.717, 1.165) is 22.3 Å². The molecule has 0 atom stereocenters. The van der Waals surface area contributed by atoms with E-state index in [1.165, 1.54) is 5.57 Å². The van der Waals surface area contributed by atoms with Crippen LogP contribution in [0, 0.1) is 19.3 Å². The summed E-state index contributed by atoms with van der Waals surface area (Å²) in [5.74, 6) is 2.67. The van der Waals surface area contributed by atoms with Crippen molar-refractivity contribution in [2.24, 2.45) is 0 Å². The minimum absolute atomic E-state index is 0. The van der Waals surface area contributed by atoms with Crippen molar-refractivity contribution < 1.29 is 0 Å². The number of rotatable bonds is 2. The predicted molar refractivity (Wildman–Crippen MR) is 96.9 cm³/mol. The van der Waals surface area contributed by atoms with Crippen LogP contribution in [0.5, 0.6) is 0 Å². The lowest BCUT2D eigenvalue weighted by atomic mass is 10.0. The molecule has 0 aliphatic carbocycles. The van der Waals surface area contributed by atoms with Crippen LogP contribution in [-0.2, 0) is 0 Å². The molecule has 0 amide bonds. The lowest BCUT2D eigenvalue weighted by molar-refractivity contribution is 1.42. The number of terminal acetylenes is 1. The van der Waals surface area contributed by atoms with E-state index in [9.17, 15) is 0 Å². The van der Waals surface area contributed by atoms with Crippen molar-refractivity contribution in [1.82, 2.24) is 0 Å². The molecule has 0 radical (unpaired) electrons. The van der Waals surface area contributed by atoms with Gasteiger partial charge in [0, 0.05) is 5.56 Å². The fourth-order valence-corrected chi connectivity index (χ4v) is 1.27. The van der Waals surface area contributed by atoms with Crippen LogP contribution in [0.1, 0.15) is 52.3 Å². The fraction of sp³-hybridized carbons (Fsp3) is 0.300. The summed E-state index contributed by atoms with van der Waals surface area (Å²) < 4.78 is 0. The molecule has 110 valence electrons. The van der Waals surface area contributed by atoms with Gasteiger partial charge < -0.3 is 0 Å². The smallest absolute Gasteiger partial charge is 0.0277 e. The minimum Gasteiger partial charge on any atom is -0.115 e. The van der Waals surface area contributed by atoms with Crippen molar-refractivity contribution in [2.75, 3.05) is 0 Å². The van der Waals surface area contributed by atoms with Crippen molar-refractivity contribution >= 4 is 5.57 Å². The molecule has 0 heteroatoms. The summed E-state index contributed by atoms with van der Waals surface area (Å²) in [6, 6.07) is 6.06. The second-order valence-corrected chi connectivity index (χ2v) is 4.41. The third-order valence-electron chi connectivity index (χ3n) is 2.13. The number of aryl methyl sites for hydroxylation is 1. The Balaban J connectivity index is -0.000000429. The standard InChI is InChI=1S/C14H14.C4H8.2CH4/c1-5-7-11(3)14-9-8-12(4)13(6-2)10-14;1-4(2)3;;/h2,5,7-10H,3H2,1,4H3;1H2,2-3H3;2*1H4/b7-5-;;;. The predicted octanol–water partition coefficient (Wildman–Crippen LogP) is 6.42. The Labute approximate surface area is 126 Å². The minimum atomic E-state index is 0. The highest BCUT2D eigenvalue weighted by Gasteiger charge is 1.98. The van der Waals surface area contributed by atoms with Gasteiger partial charge in [-0.3, -0.25) is 0 Å². The van der Waals surface area contributed by atoms with Crippen LogP contribution < -0.4 is 0 Å². The van der Waals surface area contributed by atoms with Crippen molar-refractivity contribution in [3.8, 4) is 12.3 Å². The first-order valence-corrected chi connectivity index (χ1v) is 5.93. The van der Waals surface area contributed by atoms with Gasteiger partial charge in [-0.1, -0.05) is 57.2 Å². The molecule has 20 heavy (non-hydrogen) atoms. The molecule has 0 bridgehead atoms. The summed E-state index contributed by atoms with van der Waals surface area (Å²) in [5, 5.41) is 0. The van der Waals surface area contributed by atoms with Gasteiger partial charge in [0.15, 0.2) is 0 Å². The van der Waals surface area contributed by atoms with Gasteiger partial charge in [-0.15, -0.1) is 13.0 Å². The number of hydrogen-bond donors (Lipinski definition) is 0. The largest absolute Gasteiger partial charge is 0.115 e. The topological polar surface area (TPSA) is 0 Å². The molecule has 0 aliphatic heterocycles. The molecule has 1 rings (SSSR count). The van der Waals surface area contributed by atoms with E-state index in [0.29, 0.717) is 0 Å². The molecular weight excluding hydrogens is 240 g/mol. The van der Waals surface area contributed by atoms with E-state index < -0.39 is 0 Å². The van der Waals surface area contributed by atoms with Gasteiger partial charge in [0.2, 0.25) is 0 Å². The molecule has 0 spiro atoms. The van der Waals surface area contributed by atoms with Crippen molar-refractivity contribution in [2.45, 2.75) is 42.5 Å². The van der Waals surface area contributed by atoms with Gasteiger partial charge in [-0.05, 0) is 50.5 Å². The van der Waals surface area contributed by atoms with Crippen LogP contribution in [0.15, 0.2) is 49.1 Å². The Hall–Kier alpha value is -2.00. The van der Waals surface area contributed by atoms with E-state index in [-0.39, 0.29) is 14.9 Å². The molecular formula is C20H30. The van der Waals surface area contributed by atoms with E-state index in [1.807, 2.05) is 58.0 Å². The molecule has 0 saturated heterocycles. The normalized spacial score (nSPS) is 8.35. The van der Waals surface area contributed by atoms with Gasteiger partial charge in [-0.2, -0.15) is 0 Å². The molecule has 0 heterocycles. The maximum Gasteiger partial charge on any atom is 0.0277 e. The van der Waals surface area contributed by atoms with Gasteiger partial charge in [-0.25, -0.2) is 0 Å². The summed E-state index contributed by atoms with van der Waals surface area (Å²) in [5.41, 5.74) is 5.31. The first-order valence-electron chi connectivity index (χ1n) is 5.93. The van der Waals surface area contributed by atoms with Crippen LogP contribution in [-0.4, -0.2) is 0 Å². The molecule has 0 nitrogen and oxygen atoms in total. The van der Waals surface area contributed by atoms with Crippen LogP contribution in [0.2, 0.25) is 0 Å². The zero-order chi connectivity index (χ0) is 14.1. The first kappa shape index (κ1) is 23.1. The average molecular weight is 270 g/mol. The third kappa shape index (κ3) is 9.00. The Bertz CT molecular complexity index is 489. The lowest BCUT2D eigenvalue weighted by Gasteiger charge is -2.03. The van der Waals surface area contributed by atoms with Crippen molar-refractivity contribution in [3.05, 3.63) is 65.8 Å². The molecule has 0 saturated carbocycles. The van der Waals surface area contributed by atoms with E-state index >= 15 is 0 Å². The zero-order valence-corrected chi connectivity index (χ0v) is 11.9. The molecule has 0 fully saturated rings. The Morgan fingerprint density at radius 1 is 1.20 bits per heavy atom. The second kappa shape index (κ2) is 12.1. The van der Waals surface area contributed by atoms with Gasteiger partial charge in [0.25, 0.3) is 0 Å². The second-order valence-electron chi connectivity index (χ2n) is 4.41. The Morgan fingerprint density at radius 2 is 1.70 bits per heavy atom. The molecule has 0 aliphatic rings. The summed E-state index contributed by atoms with van der Waals surface area (Å²) >= 11 is 0. The zero-order valence-electron chi connectivity index (χ0n) is 11.9. The fourth-order valence-electron chi connectivity index (χ4n) is 1.27. The summed E-state index contributed by atoms with van der Waals surface area (Å²) in [6.45, 7) is 15.4. The Morgan fingerprint density at radius 3 is 2.10 bits per heavy atom. The quantitative estimate of drug-likeness (QED) is 0.330. The van der Waals surface area contributed by atoms with Gasteiger partial charge in [0.1, 0.15) is 0 Å². The summed E-state index contributed by atoms with van der Waals surface area (Å²) in [7, 11) is 0. The van der Waals surface area contributed by atoms with Crippen molar-refractivity contribution in [1.29, 1.82) is 0 Å². The van der Waals surface area contributed by atoms with Gasteiger partial charge in [0.05, 0.1) is 0 Å². The summed E-state index contributed by atoms with van der Waals surface area (Å²) in [4.78, 5) is 0. The highest BCUT2D eigenvalue weighted by molar-refractivity contribution is 5.73. The van der Waals surface area contributed by atoms with Crippen LogP contribution >= 0.6 is 0 Å². The lowest BCUT2D eigenvalue weighted by Crippen LogP contribution is -1.85. The number of allylic oxidation sites excluding steroid dienone is 4. The van der Waals surface area contributed by atoms with Crippen LogP contribution in [0.3, 0.4) is 0 Å². The number of benzene rings is 1. The van der Waals surface area contributed by atoms with E-state index in [1.54, 1.807) is 0 Å². The van der Waals surface area contributed by atoms with Crippen molar-refractivity contribution in [3.63, 3.8) is 0 Å². The highest BCUT2D eigenvalue weighted by atomic mass is 14.0.